The molecule has 0 amide bonds. The van der Waals surface area contributed by atoms with Crippen molar-refractivity contribution < 1.29 is 4.42 Å². The molecule has 1 atom stereocenters. The van der Waals surface area contributed by atoms with Crippen LogP contribution in [0.15, 0.2) is 192 Å². The van der Waals surface area contributed by atoms with Crippen molar-refractivity contribution in [1.29, 1.82) is 0 Å². The van der Waals surface area contributed by atoms with Gasteiger partial charge >= 0.3 is 0 Å². The number of aromatic nitrogens is 3. The van der Waals surface area contributed by atoms with E-state index in [2.05, 4.69) is 121 Å². The van der Waals surface area contributed by atoms with Crippen LogP contribution in [0, 0.1) is 0 Å². The Hall–Kier alpha value is -7.43. The molecule has 56 heavy (non-hydrogen) atoms. The second-order valence-electron chi connectivity index (χ2n) is 14.7. The SMILES string of the molecule is c1ccc(-c2nc(-c3ccccc3)nc(-c3cccc(-c4ccc5c(c4)-c4ccccc4C54c5ccccc5-c5c4ccc4c5oc5ccccc54)c3)n2)cc1. The lowest BCUT2D eigenvalue weighted by molar-refractivity contribution is 0.669. The largest absolute Gasteiger partial charge is 0.455 e. The molecule has 2 heterocycles. The van der Waals surface area contributed by atoms with Gasteiger partial charge in [0, 0.05) is 33.0 Å². The topological polar surface area (TPSA) is 51.8 Å². The molecule has 4 heteroatoms. The Morgan fingerprint density at radius 2 is 0.875 bits per heavy atom. The molecule has 12 rings (SSSR count). The Balaban J connectivity index is 1.03. The van der Waals surface area contributed by atoms with Crippen LogP contribution in [0.5, 0.6) is 0 Å². The van der Waals surface area contributed by atoms with Crippen LogP contribution in [0.1, 0.15) is 22.3 Å². The van der Waals surface area contributed by atoms with E-state index in [-0.39, 0.29) is 0 Å². The van der Waals surface area contributed by atoms with E-state index in [4.69, 9.17) is 19.4 Å². The van der Waals surface area contributed by atoms with Crippen molar-refractivity contribution in [1.82, 2.24) is 15.0 Å². The van der Waals surface area contributed by atoms with Crippen LogP contribution in [0.2, 0.25) is 0 Å². The molecule has 10 aromatic rings. The first-order valence-electron chi connectivity index (χ1n) is 19.0. The molecule has 1 spiro atoms. The first-order valence-corrected chi connectivity index (χ1v) is 19.0. The number of para-hydroxylation sites is 1. The fraction of sp³-hybridized carbons (Fsp3) is 0.0192. The molecule has 0 radical (unpaired) electrons. The van der Waals surface area contributed by atoms with Crippen molar-refractivity contribution in [3.63, 3.8) is 0 Å². The van der Waals surface area contributed by atoms with E-state index in [1.54, 1.807) is 0 Å². The number of hydrogen-bond acceptors (Lipinski definition) is 4. The van der Waals surface area contributed by atoms with Gasteiger partial charge in [0.15, 0.2) is 17.5 Å². The average Bonchev–Trinajstić information content (AvgIpc) is 3.91. The zero-order valence-corrected chi connectivity index (χ0v) is 30.1. The van der Waals surface area contributed by atoms with E-state index < -0.39 is 5.41 Å². The Morgan fingerprint density at radius 1 is 0.339 bits per heavy atom. The van der Waals surface area contributed by atoms with E-state index in [0.717, 1.165) is 49.8 Å². The number of rotatable bonds is 4. The Morgan fingerprint density at radius 3 is 1.62 bits per heavy atom. The summed E-state index contributed by atoms with van der Waals surface area (Å²) in [5, 5.41) is 2.30. The third kappa shape index (κ3) is 4.32. The van der Waals surface area contributed by atoms with Gasteiger partial charge < -0.3 is 4.42 Å². The molecule has 0 saturated carbocycles. The molecule has 0 bridgehead atoms. The lowest BCUT2D eigenvalue weighted by Crippen LogP contribution is -2.25. The number of nitrogens with zero attached hydrogens (tertiary/aromatic N) is 3. The maximum Gasteiger partial charge on any atom is 0.164 e. The minimum absolute atomic E-state index is 0.474. The van der Waals surface area contributed by atoms with Crippen LogP contribution in [-0.2, 0) is 5.41 Å². The van der Waals surface area contributed by atoms with Crippen molar-refractivity contribution in [2.24, 2.45) is 0 Å². The Kier molecular flexibility index (Phi) is 6.52. The van der Waals surface area contributed by atoms with Crippen molar-refractivity contribution >= 4 is 21.9 Å². The minimum atomic E-state index is -0.474. The smallest absolute Gasteiger partial charge is 0.164 e. The van der Waals surface area contributed by atoms with Gasteiger partial charge in [-0.1, -0.05) is 170 Å². The van der Waals surface area contributed by atoms with Crippen molar-refractivity contribution in [3.8, 4) is 67.5 Å². The highest BCUT2D eigenvalue weighted by atomic mass is 16.3. The van der Waals surface area contributed by atoms with Gasteiger partial charge in [-0.05, 0) is 68.3 Å². The maximum absolute atomic E-state index is 6.71. The highest BCUT2D eigenvalue weighted by Gasteiger charge is 2.52. The molecule has 0 N–H and O–H groups in total. The molecule has 2 aliphatic rings. The monoisotopic (exact) mass is 713 g/mol. The molecule has 4 nitrogen and oxygen atoms in total. The summed E-state index contributed by atoms with van der Waals surface area (Å²) in [6.07, 6.45) is 0. The summed E-state index contributed by atoms with van der Waals surface area (Å²) in [6.45, 7) is 0. The van der Waals surface area contributed by atoms with Gasteiger partial charge in [0.05, 0.1) is 5.41 Å². The number of benzene rings is 8. The molecule has 0 saturated heterocycles. The van der Waals surface area contributed by atoms with E-state index in [1.165, 1.54) is 44.5 Å². The van der Waals surface area contributed by atoms with Crippen molar-refractivity contribution in [2.45, 2.75) is 5.41 Å². The zero-order chi connectivity index (χ0) is 36.8. The second kappa shape index (κ2) is 11.8. The third-order valence-corrected chi connectivity index (χ3v) is 11.7. The van der Waals surface area contributed by atoms with E-state index in [9.17, 15) is 0 Å². The van der Waals surface area contributed by atoms with Gasteiger partial charge in [-0.15, -0.1) is 0 Å². The standard InChI is InChI=1S/C52H31N3O/c1-3-14-32(15-4-1)49-53-50(33-16-5-2-6-17-33)55-51(54-49)36-19-13-18-34(30-36)35-26-28-44-41(31-35)37-20-7-10-23-42(37)52(44)43-24-11-8-22-40(43)47-45(52)29-27-39-38-21-9-12-25-46(38)56-48(39)47/h1-31H. The van der Waals surface area contributed by atoms with Gasteiger partial charge in [-0.25, -0.2) is 15.0 Å². The van der Waals surface area contributed by atoms with Gasteiger partial charge in [-0.2, -0.15) is 0 Å². The van der Waals surface area contributed by atoms with Crippen LogP contribution in [0.25, 0.3) is 89.5 Å². The van der Waals surface area contributed by atoms with Crippen LogP contribution >= 0.6 is 0 Å². The number of fused-ring (bicyclic) bond motifs is 14. The molecule has 2 aromatic heterocycles. The highest BCUT2D eigenvalue weighted by Crippen LogP contribution is 2.64. The molecule has 260 valence electrons. The van der Waals surface area contributed by atoms with Crippen LogP contribution < -0.4 is 0 Å². The van der Waals surface area contributed by atoms with E-state index >= 15 is 0 Å². The lowest BCUT2D eigenvalue weighted by Gasteiger charge is -2.30. The molecular formula is C52H31N3O. The average molecular weight is 714 g/mol. The summed E-state index contributed by atoms with van der Waals surface area (Å²) in [6, 6.07) is 66.7. The Bertz CT molecular complexity index is 3140. The Labute approximate surface area is 323 Å². The van der Waals surface area contributed by atoms with Crippen LogP contribution in [0.4, 0.5) is 0 Å². The van der Waals surface area contributed by atoms with Crippen LogP contribution in [0.3, 0.4) is 0 Å². The molecular weight excluding hydrogens is 683 g/mol. The molecule has 1 unspecified atom stereocenters. The summed E-state index contributed by atoms with van der Waals surface area (Å²) >= 11 is 0. The molecule has 0 aliphatic heterocycles. The second-order valence-corrected chi connectivity index (χ2v) is 14.7. The summed E-state index contributed by atoms with van der Waals surface area (Å²) < 4.78 is 6.71. The minimum Gasteiger partial charge on any atom is -0.455 e. The normalized spacial score (nSPS) is 14.9. The predicted molar refractivity (Wildman–Crippen MR) is 225 cm³/mol. The summed E-state index contributed by atoms with van der Waals surface area (Å²) in [7, 11) is 0. The maximum atomic E-state index is 6.71. The summed E-state index contributed by atoms with van der Waals surface area (Å²) in [4.78, 5) is 14.9. The molecule has 8 aromatic carbocycles. The molecule has 2 aliphatic carbocycles. The van der Waals surface area contributed by atoms with Gasteiger partial charge in [0.2, 0.25) is 0 Å². The van der Waals surface area contributed by atoms with Crippen molar-refractivity contribution in [3.05, 3.63) is 210 Å². The lowest BCUT2D eigenvalue weighted by atomic mass is 9.70. The number of hydrogen-bond donors (Lipinski definition) is 0. The quantitative estimate of drug-likeness (QED) is 0.182. The van der Waals surface area contributed by atoms with Gasteiger partial charge in [0.25, 0.3) is 0 Å². The highest BCUT2D eigenvalue weighted by molar-refractivity contribution is 6.13. The molecule has 0 fully saturated rings. The number of furan rings is 1. The summed E-state index contributed by atoms with van der Waals surface area (Å²) in [5.41, 5.74) is 16.5. The first-order chi connectivity index (χ1) is 27.8. The third-order valence-electron chi connectivity index (χ3n) is 11.7. The first kappa shape index (κ1) is 31.0. The fourth-order valence-corrected chi connectivity index (χ4v) is 9.36. The summed E-state index contributed by atoms with van der Waals surface area (Å²) in [5.74, 6) is 1.94. The van der Waals surface area contributed by atoms with E-state index in [0.29, 0.717) is 17.5 Å². The fourth-order valence-electron chi connectivity index (χ4n) is 9.36. The van der Waals surface area contributed by atoms with Gasteiger partial charge in [-0.3, -0.25) is 0 Å². The predicted octanol–water partition coefficient (Wildman–Crippen LogP) is 12.8. The van der Waals surface area contributed by atoms with Crippen LogP contribution in [-0.4, -0.2) is 15.0 Å². The van der Waals surface area contributed by atoms with E-state index in [1.807, 2.05) is 66.7 Å². The van der Waals surface area contributed by atoms with Crippen molar-refractivity contribution in [2.75, 3.05) is 0 Å². The zero-order valence-electron chi connectivity index (χ0n) is 30.1. The van der Waals surface area contributed by atoms with Gasteiger partial charge in [0.1, 0.15) is 11.2 Å².